The number of rotatable bonds is 3. The van der Waals surface area contributed by atoms with Crippen molar-refractivity contribution >= 4 is 15.8 Å². The van der Waals surface area contributed by atoms with Crippen LogP contribution in [0.5, 0.6) is 0 Å². The molecule has 5 heteroatoms. The molecule has 2 saturated carbocycles. The first kappa shape index (κ1) is 11.1. The summed E-state index contributed by atoms with van der Waals surface area (Å²) in [6, 6.07) is 0.0494. The van der Waals surface area contributed by atoms with Crippen molar-refractivity contribution in [2.24, 2.45) is 0 Å². The number of ketones is 1. The predicted molar refractivity (Wildman–Crippen MR) is 57.0 cm³/mol. The van der Waals surface area contributed by atoms with Crippen molar-refractivity contribution in [2.45, 2.75) is 49.8 Å². The zero-order valence-corrected chi connectivity index (χ0v) is 9.79. The maximum absolute atomic E-state index is 11.9. The average Bonchev–Trinajstić information content (AvgIpc) is 3.01. The summed E-state index contributed by atoms with van der Waals surface area (Å²) in [5, 5.41) is -0.139. The Morgan fingerprint density at radius 3 is 2.13 bits per heavy atom. The van der Waals surface area contributed by atoms with Gasteiger partial charge >= 0.3 is 0 Å². The summed E-state index contributed by atoms with van der Waals surface area (Å²) in [5.74, 6) is 0.267. The summed E-state index contributed by atoms with van der Waals surface area (Å²) in [7, 11) is -1.40. The van der Waals surface area contributed by atoms with Crippen LogP contribution in [0.1, 0.15) is 38.5 Å². The molecule has 0 aromatic rings. The fourth-order valence-electron chi connectivity index (χ4n) is 2.10. The maximum atomic E-state index is 11.9. The van der Waals surface area contributed by atoms with Crippen LogP contribution >= 0.6 is 0 Å². The Bertz CT molecular complexity index is 349. The molecule has 0 heterocycles. The highest BCUT2D eigenvalue weighted by atomic mass is 32.2. The lowest BCUT2D eigenvalue weighted by Gasteiger charge is -2.29. The standard InChI is InChI=1S/C10H17NO3S/c1-11(15(13,14)10-6-7-10)8-2-4-9(12)5-3-8/h8,10H,2-7H2,1H3. The van der Waals surface area contributed by atoms with Crippen LogP contribution in [0.15, 0.2) is 0 Å². The Morgan fingerprint density at radius 1 is 1.13 bits per heavy atom. The molecule has 2 fully saturated rings. The monoisotopic (exact) mass is 231 g/mol. The van der Waals surface area contributed by atoms with E-state index >= 15 is 0 Å². The van der Waals surface area contributed by atoms with E-state index in [9.17, 15) is 13.2 Å². The number of carbonyl (C=O) groups is 1. The minimum Gasteiger partial charge on any atom is -0.300 e. The summed E-state index contributed by atoms with van der Waals surface area (Å²) in [6.07, 6.45) is 4.07. The third-order valence-corrected chi connectivity index (χ3v) is 5.79. The number of hydrogen-bond acceptors (Lipinski definition) is 3. The minimum absolute atomic E-state index is 0.0494. The van der Waals surface area contributed by atoms with Crippen molar-refractivity contribution in [2.75, 3.05) is 7.05 Å². The quantitative estimate of drug-likeness (QED) is 0.726. The van der Waals surface area contributed by atoms with E-state index in [-0.39, 0.29) is 17.1 Å². The molecule has 2 aliphatic rings. The van der Waals surface area contributed by atoms with Crippen molar-refractivity contribution in [3.8, 4) is 0 Å². The first-order valence-electron chi connectivity index (χ1n) is 5.50. The van der Waals surface area contributed by atoms with E-state index in [1.165, 1.54) is 4.31 Å². The fourth-order valence-corrected chi connectivity index (χ4v) is 3.93. The summed E-state index contributed by atoms with van der Waals surface area (Å²) < 4.78 is 25.3. The number of sulfonamides is 1. The van der Waals surface area contributed by atoms with E-state index < -0.39 is 10.0 Å². The van der Waals surface area contributed by atoms with Gasteiger partial charge in [-0.25, -0.2) is 12.7 Å². The van der Waals surface area contributed by atoms with Crippen LogP contribution in [0.4, 0.5) is 0 Å². The van der Waals surface area contributed by atoms with Crippen LogP contribution in [0.2, 0.25) is 0 Å². The highest BCUT2D eigenvalue weighted by Crippen LogP contribution is 2.33. The van der Waals surface area contributed by atoms with Crippen LogP contribution < -0.4 is 0 Å². The van der Waals surface area contributed by atoms with Crippen molar-refractivity contribution < 1.29 is 13.2 Å². The molecule has 0 atom stereocenters. The fraction of sp³-hybridized carbons (Fsp3) is 0.900. The Kier molecular flexibility index (Phi) is 2.85. The van der Waals surface area contributed by atoms with Gasteiger partial charge in [0.05, 0.1) is 5.25 Å². The Morgan fingerprint density at radius 2 is 1.67 bits per heavy atom. The molecule has 4 nitrogen and oxygen atoms in total. The normalized spacial score (nSPS) is 24.8. The Hall–Kier alpha value is -0.420. The Labute approximate surface area is 90.7 Å². The van der Waals surface area contributed by atoms with Gasteiger partial charge in [-0.15, -0.1) is 0 Å². The molecule has 86 valence electrons. The molecule has 0 N–H and O–H groups in total. The molecule has 15 heavy (non-hydrogen) atoms. The Balaban J connectivity index is 2.01. The van der Waals surface area contributed by atoms with Crippen LogP contribution in [0.25, 0.3) is 0 Å². The lowest BCUT2D eigenvalue weighted by atomic mass is 9.95. The van der Waals surface area contributed by atoms with Gasteiger partial charge in [0.1, 0.15) is 5.78 Å². The highest BCUT2D eigenvalue weighted by molar-refractivity contribution is 7.90. The van der Waals surface area contributed by atoms with Crippen LogP contribution in [0.3, 0.4) is 0 Å². The first-order chi connectivity index (χ1) is 7.01. The molecule has 0 bridgehead atoms. The second kappa shape index (κ2) is 3.87. The summed E-state index contributed by atoms with van der Waals surface area (Å²) in [5.41, 5.74) is 0. The maximum Gasteiger partial charge on any atom is 0.216 e. The zero-order chi connectivity index (χ0) is 11.1. The predicted octanol–water partition coefficient (Wildman–Crippen LogP) is 0.922. The molecular formula is C10H17NO3S. The van der Waals surface area contributed by atoms with Crippen molar-refractivity contribution in [1.82, 2.24) is 4.31 Å². The number of carbonyl (C=O) groups excluding carboxylic acids is 1. The summed E-state index contributed by atoms with van der Waals surface area (Å²) in [4.78, 5) is 11.1. The van der Waals surface area contributed by atoms with Gasteiger partial charge in [0, 0.05) is 25.9 Å². The van der Waals surface area contributed by atoms with E-state index in [1.807, 2.05) is 0 Å². The second-order valence-corrected chi connectivity index (χ2v) is 6.80. The third kappa shape index (κ3) is 2.23. The molecular weight excluding hydrogens is 214 g/mol. The topological polar surface area (TPSA) is 54.5 Å². The van der Waals surface area contributed by atoms with E-state index in [0.717, 1.165) is 12.8 Å². The van der Waals surface area contributed by atoms with Gasteiger partial charge < -0.3 is 0 Å². The van der Waals surface area contributed by atoms with Gasteiger partial charge in [-0.3, -0.25) is 4.79 Å². The molecule has 2 aliphatic carbocycles. The van der Waals surface area contributed by atoms with E-state index in [2.05, 4.69) is 0 Å². The molecule has 2 rings (SSSR count). The highest BCUT2D eigenvalue weighted by Gasteiger charge is 2.41. The zero-order valence-electron chi connectivity index (χ0n) is 8.98. The molecule has 0 aromatic heterocycles. The van der Waals surface area contributed by atoms with Crippen LogP contribution in [0, 0.1) is 0 Å². The van der Waals surface area contributed by atoms with E-state index in [4.69, 9.17) is 0 Å². The molecule has 0 radical (unpaired) electrons. The van der Waals surface area contributed by atoms with E-state index in [1.54, 1.807) is 7.05 Å². The van der Waals surface area contributed by atoms with Crippen LogP contribution in [-0.4, -0.2) is 36.8 Å². The number of Topliss-reactive ketones (excluding diaryl/α,β-unsaturated/α-hetero) is 1. The van der Waals surface area contributed by atoms with Crippen molar-refractivity contribution in [3.05, 3.63) is 0 Å². The SMILES string of the molecule is CN(C1CCC(=O)CC1)S(=O)(=O)C1CC1. The van der Waals surface area contributed by atoms with Crippen molar-refractivity contribution in [1.29, 1.82) is 0 Å². The van der Waals surface area contributed by atoms with Gasteiger partial charge in [-0.2, -0.15) is 0 Å². The molecule has 0 aromatic carbocycles. The smallest absolute Gasteiger partial charge is 0.216 e. The van der Waals surface area contributed by atoms with Gasteiger partial charge in [0.15, 0.2) is 0 Å². The molecule has 0 saturated heterocycles. The minimum atomic E-state index is -3.06. The van der Waals surface area contributed by atoms with E-state index in [0.29, 0.717) is 25.7 Å². The first-order valence-corrected chi connectivity index (χ1v) is 7.00. The number of nitrogens with zero attached hydrogens (tertiary/aromatic N) is 1. The molecule has 0 amide bonds. The lowest BCUT2D eigenvalue weighted by Crippen LogP contribution is -2.41. The average molecular weight is 231 g/mol. The molecule has 0 unspecified atom stereocenters. The largest absolute Gasteiger partial charge is 0.300 e. The molecule has 0 aliphatic heterocycles. The van der Waals surface area contributed by atoms with Crippen LogP contribution in [-0.2, 0) is 14.8 Å². The van der Waals surface area contributed by atoms with Gasteiger partial charge in [0.25, 0.3) is 0 Å². The third-order valence-electron chi connectivity index (χ3n) is 3.37. The van der Waals surface area contributed by atoms with Gasteiger partial charge in [-0.05, 0) is 25.7 Å². The summed E-state index contributed by atoms with van der Waals surface area (Å²) in [6.45, 7) is 0. The number of hydrogen-bond donors (Lipinski definition) is 0. The molecule has 0 spiro atoms. The summed E-state index contributed by atoms with van der Waals surface area (Å²) >= 11 is 0. The second-order valence-electron chi connectivity index (χ2n) is 4.53. The van der Waals surface area contributed by atoms with Gasteiger partial charge in [0.2, 0.25) is 10.0 Å². The van der Waals surface area contributed by atoms with Gasteiger partial charge in [-0.1, -0.05) is 0 Å². The van der Waals surface area contributed by atoms with Crippen molar-refractivity contribution in [3.63, 3.8) is 0 Å². The lowest BCUT2D eigenvalue weighted by molar-refractivity contribution is -0.120.